The minimum absolute atomic E-state index is 0.166. The Bertz CT molecular complexity index is 939. The largest absolute Gasteiger partial charge is 0.383 e. The van der Waals surface area contributed by atoms with E-state index in [-0.39, 0.29) is 11.3 Å². The van der Waals surface area contributed by atoms with Crippen LogP contribution >= 0.6 is 11.3 Å². The van der Waals surface area contributed by atoms with Gasteiger partial charge in [0.05, 0.1) is 22.1 Å². The van der Waals surface area contributed by atoms with Crippen molar-refractivity contribution in [1.29, 1.82) is 0 Å². The van der Waals surface area contributed by atoms with Crippen molar-refractivity contribution >= 4 is 34.4 Å². The van der Waals surface area contributed by atoms with Crippen LogP contribution in [0.15, 0.2) is 41.8 Å². The molecule has 0 saturated carbocycles. The second-order valence-corrected chi connectivity index (χ2v) is 6.45. The van der Waals surface area contributed by atoms with Crippen LogP contribution in [0.5, 0.6) is 0 Å². The summed E-state index contributed by atoms with van der Waals surface area (Å²) in [4.78, 5) is 24.2. The molecule has 0 fully saturated rings. The highest BCUT2D eigenvalue weighted by Crippen LogP contribution is 2.27. The number of carbonyl (C=O) groups excluding carboxylic acids is 1. The molecule has 0 spiro atoms. The number of anilines is 2. The number of nitrogens with one attached hydrogen (secondary N) is 3. The van der Waals surface area contributed by atoms with Crippen LogP contribution < -0.4 is 10.6 Å². The van der Waals surface area contributed by atoms with E-state index in [4.69, 9.17) is 4.74 Å². The Balaban J connectivity index is 1.74. The number of aromatic nitrogens is 2. The summed E-state index contributed by atoms with van der Waals surface area (Å²) in [5.74, 6) is -0.140. The van der Waals surface area contributed by atoms with Gasteiger partial charge in [-0.1, -0.05) is 6.07 Å². The van der Waals surface area contributed by atoms with Gasteiger partial charge in [0, 0.05) is 31.4 Å². The van der Waals surface area contributed by atoms with Gasteiger partial charge in [-0.25, -0.2) is 0 Å². The molecule has 1 amide bonds. The van der Waals surface area contributed by atoms with Crippen molar-refractivity contribution in [3.8, 4) is 10.6 Å². The van der Waals surface area contributed by atoms with E-state index < -0.39 is 10.8 Å². The molecule has 3 N–H and O–H groups in total. The summed E-state index contributed by atoms with van der Waals surface area (Å²) in [6.45, 7) is 0.826. The number of benzene rings is 1. The summed E-state index contributed by atoms with van der Waals surface area (Å²) >= 11 is 1.54. The second-order valence-electron chi connectivity index (χ2n) is 5.51. The van der Waals surface area contributed by atoms with Gasteiger partial charge in [0.1, 0.15) is 5.69 Å². The number of rotatable bonds is 8. The van der Waals surface area contributed by atoms with Crippen LogP contribution in [-0.4, -0.2) is 41.3 Å². The lowest BCUT2D eigenvalue weighted by Gasteiger charge is -2.08. The molecule has 10 heteroatoms. The van der Waals surface area contributed by atoms with Gasteiger partial charge in [-0.05, 0) is 23.6 Å². The summed E-state index contributed by atoms with van der Waals surface area (Å²) in [6.07, 6.45) is 0. The molecule has 3 rings (SSSR count). The van der Waals surface area contributed by atoms with E-state index in [0.29, 0.717) is 24.7 Å². The molecular formula is C17H17N5O4S. The number of aromatic amines is 1. The number of carbonyl (C=O) groups is 1. The van der Waals surface area contributed by atoms with Crippen LogP contribution in [-0.2, 0) is 4.74 Å². The Morgan fingerprint density at radius 3 is 2.93 bits per heavy atom. The van der Waals surface area contributed by atoms with Crippen LogP contribution in [0.3, 0.4) is 0 Å². The average molecular weight is 387 g/mol. The lowest BCUT2D eigenvalue weighted by molar-refractivity contribution is -0.384. The molecule has 27 heavy (non-hydrogen) atoms. The van der Waals surface area contributed by atoms with E-state index in [2.05, 4.69) is 20.8 Å². The van der Waals surface area contributed by atoms with Gasteiger partial charge in [0.2, 0.25) is 0 Å². The van der Waals surface area contributed by atoms with Gasteiger partial charge in [-0.15, -0.1) is 11.3 Å². The molecule has 0 atom stereocenters. The summed E-state index contributed by atoms with van der Waals surface area (Å²) in [7, 11) is 1.54. The molecule has 9 nitrogen and oxygen atoms in total. The fraction of sp³-hybridized carbons (Fsp3) is 0.176. The summed E-state index contributed by atoms with van der Waals surface area (Å²) in [5.41, 5.74) is 1.09. The molecule has 0 aliphatic rings. The van der Waals surface area contributed by atoms with E-state index in [9.17, 15) is 14.9 Å². The second kappa shape index (κ2) is 8.43. The molecule has 0 saturated heterocycles. The van der Waals surface area contributed by atoms with E-state index in [1.807, 2.05) is 17.5 Å². The standard InChI is InChI=1S/C17H17N5O4S/c1-26-7-6-18-12-5-4-11(9-14(12)22(24)25)17(23)19-16-10-13(20-21-16)15-3-2-8-27-15/h2-5,8-10,18H,6-7H2,1H3,(H2,19,20,21,23). The van der Waals surface area contributed by atoms with Crippen molar-refractivity contribution in [2.75, 3.05) is 30.9 Å². The lowest BCUT2D eigenvalue weighted by atomic mass is 10.1. The minimum atomic E-state index is -0.532. The number of nitrogens with zero attached hydrogens (tertiary/aromatic N) is 2. The van der Waals surface area contributed by atoms with E-state index in [1.54, 1.807) is 24.5 Å². The number of nitro benzene ring substituents is 1. The third kappa shape index (κ3) is 4.49. The maximum absolute atomic E-state index is 12.4. The molecule has 0 aliphatic heterocycles. The first kappa shape index (κ1) is 18.5. The zero-order valence-corrected chi connectivity index (χ0v) is 15.2. The Kier molecular flexibility index (Phi) is 5.79. The SMILES string of the molecule is COCCNc1ccc(C(=O)Nc2cc(-c3cccs3)[nH]n2)cc1[N+](=O)[O-]. The molecule has 0 radical (unpaired) electrons. The first-order valence-electron chi connectivity index (χ1n) is 8.00. The number of ether oxygens (including phenoxy) is 1. The minimum Gasteiger partial charge on any atom is -0.383 e. The fourth-order valence-corrected chi connectivity index (χ4v) is 3.09. The van der Waals surface area contributed by atoms with Gasteiger partial charge in [0.15, 0.2) is 5.82 Å². The molecule has 0 unspecified atom stereocenters. The Morgan fingerprint density at radius 2 is 2.22 bits per heavy atom. The van der Waals surface area contributed by atoms with E-state index >= 15 is 0 Å². The number of thiophene rings is 1. The monoisotopic (exact) mass is 387 g/mol. The number of nitro groups is 1. The smallest absolute Gasteiger partial charge is 0.293 e. The van der Waals surface area contributed by atoms with Crippen molar-refractivity contribution in [1.82, 2.24) is 10.2 Å². The number of amides is 1. The summed E-state index contributed by atoms with van der Waals surface area (Å²) < 4.78 is 4.92. The van der Waals surface area contributed by atoms with E-state index in [0.717, 1.165) is 10.6 Å². The average Bonchev–Trinajstić information content (AvgIpc) is 3.33. The van der Waals surface area contributed by atoms with Gasteiger partial charge in [-0.3, -0.25) is 20.0 Å². The van der Waals surface area contributed by atoms with Crippen LogP contribution in [0.4, 0.5) is 17.2 Å². The lowest BCUT2D eigenvalue weighted by Crippen LogP contribution is -2.14. The fourth-order valence-electron chi connectivity index (χ4n) is 2.39. The molecule has 3 aromatic rings. The highest BCUT2D eigenvalue weighted by atomic mass is 32.1. The molecule has 2 aromatic heterocycles. The zero-order valence-electron chi connectivity index (χ0n) is 14.4. The van der Waals surface area contributed by atoms with Crippen LogP contribution in [0.1, 0.15) is 10.4 Å². The summed E-state index contributed by atoms with van der Waals surface area (Å²) in [5, 5.41) is 25.7. The Hall–Kier alpha value is -3.24. The molecule has 0 bridgehead atoms. The van der Waals surface area contributed by atoms with Crippen molar-refractivity contribution in [3.63, 3.8) is 0 Å². The van der Waals surface area contributed by atoms with Crippen LogP contribution in [0.2, 0.25) is 0 Å². The van der Waals surface area contributed by atoms with E-state index in [1.165, 1.54) is 18.2 Å². The third-order valence-corrected chi connectivity index (χ3v) is 4.59. The topological polar surface area (TPSA) is 122 Å². The van der Waals surface area contributed by atoms with Crippen LogP contribution in [0.25, 0.3) is 10.6 Å². The molecule has 1 aromatic carbocycles. The highest BCUT2D eigenvalue weighted by molar-refractivity contribution is 7.13. The maximum Gasteiger partial charge on any atom is 0.293 e. The van der Waals surface area contributed by atoms with Gasteiger partial charge in [-0.2, -0.15) is 5.10 Å². The first-order valence-corrected chi connectivity index (χ1v) is 8.88. The molecule has 0 aliphatic carbocycles. The zero-order chi connectivity index (χ0) is 19.2. The predicted molar refractivity (Wildman–Crippen MR) is 103 cm³/mol. The Morgan fingerprint density at radius 1 is 1.37 bits per heavy atom. The van der Waals surface area contributed by atoms with Gasteiger partial charge < -0.3 is 15.4 Å². The number of methoxy groups -OCH3 is 1. The van der Waals surface area contributed by atoms with Crippen molar-refractivity contribution in [2.45, 2.75) is 0 Å². The summed E-state index contributed by atoms with van der Waals surface area (Å²) in [6, 6.07) is 9.81. The van der Waals surface area contributed by atoms with Crippen molar-refractivity contribution < 1.29 is 14.5 Å². The predicted octanol–water partition coefficient (Wildman–Crippen LogP) is 3.36. The maximum atomic E-state index is 12.4. The highest BCUT2D eigenvalue weighted by Gasteiger charge is 2.18. The molecular weight excluding hydrogens is 370 g/mol. The molecule has 140 valence electrons. The third-order valence-electron chi connectivity index (χ3n) is 3.68. The van der Waals surface area contributed by atoms with Gasteiger partial charge in [0.25, 0.3) is 11.6 Å². The first-order chi connectivity index (χ1) is 13.1. The normalized spacial score (nSPS) is 10.6. The van der Waals surface area contributed by atoms with Crippen molar-refractivity contribution in [3.05, 3.63) is 57.5 Å². The van der Waals surface area contributed by atoms with Crippen LogP contribution in [0, 0.1) is 10.1 Å². The molecule has 2 heterocycles. The quantitative estimate of drug-likeness (QED) is 0.309. The number of hydrogen-bond acceptors (Lipinski definition) is 7. The number of hydrogen-bond donors (Lipinski definition) is 3. The van der Waals surface area contributed by atoms with Gasteiger partial charge >= 0.3 is 0 Å². The number of H-pyrrole nitrogens is 1. The van der Waals surface area contributed by atoms with Crippen molar-refractivity contribution in [2.24, 2.45) is 0 Å². The Labute approximate surface area is 158 Å².